The second kappa shape index (κ2) is 13.5. The molecule has 0 aliphatic heterocycles. The summed E-state index contributed by atoms with van der Waals surface area (Å²) in [4.78, 5) is 43.4. The molecule has 2 atom stereocenters. The van der Waals surface area contributed by atoms with Crippen LogP contribution in [0.2, 0.25) is 5.02 Å². The summed E-state index contributed by atoms with van der Waals surface area (Å²) in [6, 6.07) is 4.13. The van der Waals surface area contributed by atoms with E-state index >= 15 is 4.39 Å². The zero-order valence-electron chi connectivity index (χ0n) is 25.7. The smallest absolute Gasteiger partial charge is 0.417 e. The number of fused-ring (bicyclic) bond motifs is 1. The molecule has 1 amide bonds. The first-order valence-corrected chi connectivity index (χ1v) is 14.6. The van der Waals surface area contributed by atoms with Crippen LogP contribution in [0.1, 0.15) is 40.5 Å². The molecule has 4 aromatic rings. The zero-order valence-corrected chi connectivity index (χ0v) is 26.5. The predicted octanol–water partition coefficient (Wildman–Crippen LogP) is 6.92. The van der Waals surface area contributed by atoms with Gasteiger partial charge in [-0.1, -0.05) is 36.7 Å². The van der Waals surface area contributed by atoms with Crippen molar-refractivity contribution in [2.24, 2.45) is 7.05 Å². The number of amides is 1. The number of carbonyl (C=O) groups is 2. The fraction of sp³-hybridized carbons (Fsp3) is 0.312. The normalized spacial score (nSPS) is 13.3. The molecule has 0 bridgehead atoms. The van der Waals surface area contributed by atoms with Crippen LogP contribution in [0.15, 0.2) is 53.5 Å². The highest BCUT2D eigenvalue weighted by Crippen LogP contribution is 2.39. The third-order valence-corrected chi connectivity index (χ3v) is 8.32. The van der Waals surface area contributed by atoms with E-state index in [-0.39, 0.29) is 39.8 Å². The molecule has 0 fully saturated rings. The Kier molecular flexibility index (Phi) is 10.1. The number of halogens is 8. The number of carboxylic acids is 1. The number of pyridine rings is 2. The van der Waals surface area contributed by atoms with Crippen LogP contribution in [0.3, 0.4) is 0 Å². The number of carboxylic acid groups (broad SMARTS) is 1. The largest absolute Gasteiger partial charge is 0.480 e. The number of benzene rings is 2. The quantitative estimate of drug-likeness (QED) is 0.184. The highest BCUT2D eigenvalue weighted by Gasteiger charge is 2.42. The fourth-order valence-corrected chi connectivity index (χ4v) is 5.74. The molecule has 8 nitrogen and oxygen atoms in total. The summed E-state index contributed by atoms with van der Waals surface area (Å²) in [5.41, 5.74) is -3.80. The van der Waals surface area contributed by atoms with Crippen LogP contribution in [0.4, 0.5) is 36.4 Å². The molecule has 2 N–H and O–H groups in total. The van der Waals surface area contributed by atoms with E-state index in [9.17, 15) is 45.8 Å². The number of alkyl halides is 6. The summed E-state index contributed by atoms with van der Waals surface area (Å²) in [5, 5.41) is 11.7. The van der Waals surface area contributed by atoms with Gasteiger partial charge in [0.15, 0.2) is 0 Å². The fourth-order valence-electron chi connectivity index (χ4n) is 5.45. The molecule has 0 saturated heterocycles. The number of aryl methyl sites for hydroxylation is 1. The molecule has 0 saturated carbocycles. The first-order chi connectivity index (χ1) is 22.3. The van der Waals surface area contributed by atoms with Crippen LogP contribution in [0.25, 0.3) is 22.0 Å². The van der Waals surface area contributed by atoms with Crippen LogP contribution in [0.5, 0.6) is 0 Å². The molecular weight excluding hydrogens is 673 g/mol. The summed E-state index contributed by atoms with van der Waals surface area (Å²) >= 11 is 6.12. The summed E-state index contributed by atoms with van der Waals surface area (Å²) in [5.74, 6) is -4.15. The van der Waals surface area contributed by atoms with Gasteiger partial charge in [-0.05, 0) is 43.2 Å². The van der Waals surface area contributed by atoms with Crippen molar-refractivity contribution in [2.75, 3.05) is 11.9 Å². The molecule has 16 heteroatoms. The molecule has 4 rings (SSSR count). The Hall–Kier alpha value is -4.66. The predicted molar refractivity (Wildman–Crippen MR) is 165 cm³/mol. The van der Waals surface area contributed by atoms with Gasteiger partial charge in [0.1, 0.15) is 17.9 Å². The number of hydrogen-bond acceptors (Lipinski definition) is 5. The number of anilines is 1. The van der Waals surface area contributed by atoms with E-state index in [1.54, 1.807) is 0 Å². The maximum absolute atomic E-state index is 15.2. The lowest BCUT2D eigenvalue weighted by Crippen LogP contribution is -2.43. The van der Waals surface area contributed by atoms with Gasteiger partial charge in [0.2, 0.25) is 0 Å². The molecule has 256 valence electrons. The maximum Gasteiger partial charge on any atom is 0.417 e. The number of aromatic nitrogens is 2. The lowest BCUT2D eigenvalue weighted by Gasteiger charge is -2.31. The molecule has 48 heavy (non-hydrogen) atoms. The molecule has 2 aromatic heterocycles. The molecule has 2 heterocycles. The van der Waals surface area contributed by atoms with Crippen LogP contribution < -0.4 is 15.8 Å². The monoisotopic (exact) mass is 700 g/mol. The molecule has 0 radical (unpaired) electrons. The van der Waals surface area contributed by atoms with E-state index in [4.69, 9.17) is 11.6 Å². The van der Waals surface area contributed by atoms with Gasteiger partial charge < -0.3 is 19.9 Å². The highest BCUT2D eigenvalue weighted by molar-refractivity contribution is 6.34. The van der Waals surface area contributed by atoms with Crippen molar-refractivity contribution in [1.29, 1.82) is 0 Å². The van der Waals surface area contributed by atoms with Crippen LogP contribution in [-0.4, -0.2) is 51.8 Å². The first-order valence-electron chi connectivity index (χ1n) is 14.2. The summed E-state index contributed by atoms with van der Waals surface area (Å²) in [6.07, 6.45) is -9.10. The van der Waals surface area contributed by atoms with Gasteiger partial charge in [-0.25, -0.2) is 9.18 Å². The van der Waals surface area contributed by atoms with Crippen molar-refractivity contribution in [1.82, 2.24) is 14.9 Å². The van der Waals surface area contributed by atoms with Crippen molar-refractivity contribution in [3.05, 3.63) is 92.2 Å². The van der Waals surface area contributed by atoms with Crippen LogP contribution >= 0.6 is 11.6 Å². The second-order valence-corrected chi connectivity index (χ2v) is 11.4. The van der Waals surface area contributed by atoms with Crippen LogP contribution in [-0.2, 0) is 24.4 Å². The maximum atomic E-state index is 15.2. The third kappa shape index (κ3) is 7.10. The summed E-state index contributed by atoms with van der Waals surface area (Å²) in [6.45, 7) is 2.64. The topological polar surface area (TPSA) is 105 Å². The number of hydrogen-bond donors (Lipinski definition) is 2. The van der Waals surface area contributed by atoms with Gasteiger partial charge >= 0.3 is 18.3 Å². The molecule has 0 unspecified atom stereocenters. The lowest BCUT2D eigenvalue weighted by molar-refractivity contribution is -0.148. The van der Waals surface area contributed by atoms with Gasteiger partial charge in [-0.15, -0.1) is 0 Å². The molecule has 0 aliphatic rings. The number of carbonyl (C=O) groups excluding carboxylic acids is 1. The van der Waals surface area contributed by atoms with Crippen molar-refractivity contribution in [2.45, 2.75) is 51.1 Å². The average Bonchev–Trinajstić information content (AvgIpc) is 2.98. The van der Waals surface area contributed by atoms with Crippen molar-refractivity contribution in [3.63, 3.8) is 0 Å². The van der Waals surface area contributed by atoms with E-state index < -0.39 is 75.8 Å². The van der Waals surface area contributed by atoms with E-state index in [1.807, 2.05) is 0 Å². The van der Waals surface area contributed by atoms with Gasteiger partial charge in [-0.3, -0.25) is 14.6 Å². The Balaban J connectivity index is 1.72. The zero-order chi connectivity index (χ0) is 35.9. The standard InChI is InChI=1S/C32H28ClF7N4O4/c1-5-24(32(38,39)40)44(4)17-13-21(33)26(22(34)14-17)28(45)42-23(30(47)48)12-16-8-9-19(27-18(16)7-6-10-41-27)25-20(31(35,36)37)11-15(2)43(3)29(25)46/h6-11,13-14,23-24H,5,12H2,1-4H3,(H,42,45)(H,47,48)/t23-,24+/m0/s1. The first kappa shape index (κ1) is 36.2. The Bertz CT molecular complexity index is 1940. The van der Waals surface area contributed by atoms with E-state index in [0.29, 0.717) is 6.07 Å². The van der Waals surface area contributed by atoms with E-state index in [1.165, 1.54) is 51.4 Å². The van der Waals surface area contributed by atoms with Gasteiger partial charge in [0.25, 0.3) is 11.5 Å². The Morgan fingerprint density at radius 1 is 1.10 bits per heavy atom. The molecule has 0 aliphatic carbocycles. The Labute approximate surface area is 273 Å². The summed E-state index contributed by atoms with van der Waals surface area (Å²) in [7, 11) is 2.40. The van der Waals surface area contributed by atoms with Crippen LogP contribution in [0, 0.1) is 12.7 Å². The minimum Gasteiger partial charge on any atom is -0.480 e. The Morgan fingerprint density at radius 2 is 1.77 bits per heavy atom. The SMILES string of the molecule is CC[C@@H](N(C)c1cc(F)c(C(=O)N[C@@H](Cc2ccc(-c3c(C(F)(F)F)cc(C)n(C)c3=O)c3ncccc23)C(=O)O)c(Cl)c1)C(F)(F)F. The van der Waals surface area contributed by atoms with Gasteiger partial charge in [0.05, 0.1) is 27.2 Å². The molecular formula is C32H28ClF7N4O4. The van der Waals surface area contributed by atoms with Crippen molar-refractivity contribution in [3.8, 4) is 11.1 Å². The van der Waals surface area contributed by atoms with Gasteiger partial charge in [-0.2, -0.15) is 26.3 Å². The Morgan fingerprint density at radius 3 is 2.33 bits per heavy atom. The molecule has 2 aromatic carbocycles. The third-order valence-electron chi connectivity index (χ3n) is 8.03. The minimum atomic E-state index is -4.90. The second-order valence-electron chi connectivity index (χ2n) is 11.0. The average molecular weight is 701 g/mol. The lowest BCUT2D eigenvalue weighted by atomic mass is 9.93. The van der Waals surface area contributed by atoms with Gasteiger partial charge in [0, 0.05) is 49.0 Å². The van der Waals surface area contributed by atoms with E-state index in [0.717, 1.165) is 28.6 Å². The van der Waals surface area contributed by atoms with Crippen molar-refractivity contribution < 1.29 is 45.4 Å². The minimum absolute atomic E-state index is 0.0463. The van der Waals surface area contributed by atoms with Crippen molar-refractivity contribution >= 4 is 40.1 Å². The molecule has 0 spiro atoms. The number of nitrogens with zero attached hydrogens (tertiary/aromatic N) is 3. The highest BCUT2D eigenvalue weighted by atomic mass is 35.5. The number of nitrogens with one attached hydrogen (secondary N) is 1. The van der Waals surface area contributed by atoms with E-state index in [2.05, 4.69) is 10.3 Å². The number of aliphatic carboxylic acids is 1. The summed E-state index contributed by atoms with van der Waals surface area (Å²) < 4.78 is 98.8. The number of rotatable bonds is 9.